The zero-order valence-electron chi connectivity index (χ0n) is 11.5. The van der Waals surface area contributed by atoms with Gasteiger partial charge in [-0.25, -0.2) is 18.4 Å². The minimum Gasteiger partial charge on any atom is -0.312 e. The van der Waals surface area contributed by atoms with Crippen LogP contribution in [-0.4, -0.2) is 21.3 Å². The van der Waals surface area contributed by atoms with Gasteiger partial charge in [0.25, 0.3) is 0 Å². The van der Waals surface area contributed by atoms with Gasteiger partial charge in [0.1, 0.15) is 11.6 Å². The molecule has 1 aliphatic heterocycles. The number of nitrogens with zero attached hydrogens (tertiary/aromatic N) is 3. The molecule has 4 nitrogen and oxygen atoms in total. The molecule has 1 N–H and O–H groups in total. The lowest BCUT2D eigenvalue weighted by Crippen LogP contribution is -2.24. The highest BCUT2D eigenvalue weighted by Gasteiger charge is 2.23. The summed E-state index contributed by atoms with van der Waals surface area (Å²) in [6.07, 6.45) is 2.52. The van der Waals surface area contributed by atoms with E-state index in [1.54, 1.807) is 10.9 Å². The predicted octanol–water partition coefficient (Wildman–Crippen LogP) is 2.92. The quantitative estimate of drug-likeness (QED) is 0.790. The summed E-state index contributed by atoms with van der Waals surface area (Å²) < 4.78 is 28.8. The average Bonchev–Trinajstić information content (AvgIpc) is 3.13. The fourth-order valence-corrected chi connectivity index (χ4v) is 3.37. The first kappa shape index (κ1) is 13.5. The topological polar surface area (TPSA) is 42.7 Å². The van der Waals surface area contributed by atoms with Gasteiger partial charge in [0.05, 0.1) is 11.4 Å². The van der Waals surface area contributed by atoms with Crippen LogP contribution in [-0.2, 0) is 13.0 Å². The Hall–Kier alpha value is -2.12. The molecular weight excluding hydrogens is 306 g/mol. The Bertz CT molecular complexity index is 806. The summed E-state index contributed by atoms with van der Waals surface area (Å²) in [6.45, 7) is 1.48. The molecule has 1 aliphatic rings. The highest BCUT2D eigenvalue weighted by Crippen LogP contribution is 2.30. The smallest absolute Gasteiger partial charge is 0.210 e. The van der Waals surface area contributed by atoms with Gasteiger partial charge in [0.2, 0.25) is 5.13 Å². The highest BCUT2D eigenvalue weighted by atomic mass is 32.1. The van der Waals surface area contributed by atoms with Crippen LogP contribution in [0.25, 0.3) is 16.4 Å². The number of hydrogen-bond acceptors (Lipinski definition) is 4. The minimum absolute atomic E-state index is 0.452. The van der Waals surface area contributed by atoms with Crippen LogP contribution in [0.15, 0.2) is 29.8 Å². The van der Waals surface area contributed by atoms with Gasteiger partial charge in [0, 0.05) is 48.3 Å². The molecule has 112 valence electrons. The van der Waals surface area contributed by atoms with Crippen LogP contribution in [0.4, 0.5) is 8.78 Å². The van der Waals surface area contributed by atoms with Crippen molar-refractivity contribution in [3.63, 3.8) is 0 Å². The molecule has 1 aromatic carbocycles. The molecule has 0 unspecified atom stereocenters. The molecule has 3 heterocycles. The number of hydrogen-bond donors (Lipinski definition) is 1. The SMILES string of the molecule is Fc1cc(F)cc(-c2nn(-c3nccs3)c3c2CNCC3)c1. The Morgan fingerprint density at radius 3 is 2.73 bits per heavy atom. The van der Waals surface area contributed by atoms with Crippen LogP contribution in [0.2, 0.25) is 0 Å². The van der Waals surface area contributed by atoms with Crippen molar-refractivity contribution >= 4 is 11.3 Å². The fraction of sp³-hybridized carbons (Fsp3) is 0.200. The summed E-state index contributed by atoms with van der Waals surface area (Å²) in [4.78, 5) is 4.29. The molecular formula is C15H12F2N4S. The monoisotopic (exact) mass is 318 g/mol. The maximum absolute atomic E-state index is 13.5. The number of fused-ring (bicyclic) bond motifs is 1. The second-order valence-corrected chi connectivity index (χ2v) is 5.96. The van der Waals surface area contributed by atoms with Crippen molar-refractivity contribution in [2.24, 2.45) is 0 Å². The maximum atomic E-state index is 13.5. The first-order valence-corrected chi connectivity index (χ1v) is 7.78. The second-order valence-electron chi connectivity index (χ2n) is 5.09. The van der Waals surface area contributed by atoms with Gasteiger partial charge >= 0.3 is 0 Å². The van der Waals surface area contributed by atoms with Gasteiger partial charge in [0.15, 0.2) is 0 Å². The summed E-state index contributed by atoms with van der Waals surface area (Å²) in [6, 6.07) is 3.49. The molecule has 4 rings (SSSR count). The van der Waals surface area contributed by atoms with Crippen LogP contribution in [0.5, 0.6) is 0 Å². The molecule has 7 heteroatoms. The van der Waals surface area contributed by atoms with Crippen molar-refractivity contribution in [3.05, 3.63) is 52.7 Å². The molecule has 0 saturated heterocycles. The van der Waals surface area contributed by atoms with E-state index in [0.29, 0.717) is 17.8 Å². The van der Waals surface area contributed by atoms with Crippen LogP contribution in [0.3, 0.4) is 0 Å². The van der Waals surface area contributed by atoms with Crippen molar-refractivity contribution in [2.75, 3.05) is 6.54 Å². The second kappa shape index (κ2) is 5.26. The third-order valence-electron chi connectivity index (χ3n) is 3.67. The standard InChI is InChI=1S/C15H12F2N4S/c16-10-5-9(6-11(17)7-10)14-12-8-18-2-1-13(12)21(20-14)15-19-3-4-22-15/h3-7,18H,1-2,8H2. The summed E-state index contributed by atoms with van der Waals surface area (Å²) in [5.41, 5.74) is 3.09. The Labute approximate surface area is 129 Å². The largest absolute Gasteiger partial charge is 0.312 e. The molecule has 0 amide bonds. The Morgan fingerprint density at radius 2 is 2.00 bits per heavy atom. The summed E-state index contributed by atoms with van der Waals surface area (Å²) in [5, 5.41) is 10.5. The van der Waals surface area contributed by atoms with Crippen molar-refractivity contribution < 1.29 is 8.78 Å². The van der Waals surface area contributed by atoms with Crippen molar-refractivity contribution in [1.29, 1.82) is 0 Å². The maximum Gasteiger partial charge on any atom is 0.210 e. The minimum atomic E-state index is -0.601. The van der Waals surface area contributed by atoms with Crippen LogP contribution < -0.4 is 5.32 Å². The Kier molecular flexibility index (Phi) is 3.24. The van der Waals surface area contributed by atoms with Gasteiger partial charge in [-0.3, -0.25) is 0 Å². The molecule has 22 heavy (non-hydrogen) atoms. The summed E-state index contributed by atoms with van der Waals surface area (Å²) in [7, 11) is 0. The first-order valence-electron chi connectivity index (χ1n) is 6.90. The number of aromatic nitrogens is 3. The third-order valence-corrected chi connectivity index (χ3v) is 4.41. The lowest BCUT2D eigenvalue weighted by molar-refractivity contribution is 0.584. The molecule has 0 aliphatic carbocycles. The van der Waals surface area contributed by atoms with Gasteiger partial charge in [-0.05, 0) is 12.1 Å². The van der Waals surface area contributed by atoms with Crippen LogP contribution >= 0.6 is 11.3 Å². The van der Waals surface area contributed by atoms with Crippen molar-refractivity contribution in [3.8, 4) is 16.4 Å². The van der Waals surface area contributed by atoms with Crippen molar-refractivity contribution in [1.82, 2.24) is 20.1 Å². The fourth-order valence-electron chi connectivity index (χ4n) is 2.75. The van der Waals surface area contributed by atoms with E-state index in [2.05, 4.69) is 15.4 Å². The molecule has 0 bridgehead atoms. The van der Waals surface area contributed by atoms with E-state index >= 15 is 0 Å². The number of benzene rings is 1. The molecule has 0 saturated carbocycles. The van der Waals surface area contributed by atoms with Crippen molar-refractivity contribution in [2.45, 2.75) is 13.0 Å². The lowest BCUT2D eigenvalue weighted by Gasteiger charge is -2.14. The van der Waals surface area contributed by atoms with E-state index in [4.69, 9.17) is 0 Å². The first-order chi connectivity index (χ1) is 10.7. The molecule has 0 fully saturated rings. The molecule has 0 radical (unpaired) electrons. The van der Waals surface area contributed by atoms with E-state index < -0.39 is 11.6 Å². The lowest BCUT2D eigenvalue weighted by atomic mass is 10.0. The number of halogens is 2. The number of rotatable bonds is 2. The van der Waals surface area contributed by atoms with Crippen LogP contribution in [0.1, 0.15) is 11.3 Å². The summed E-state index contributed by atoms with van der Waals surface area (Å²) >= 11 is 1.48. The average molecular weight is 318 g/mol. The number of thiazole rings is 1. The van der Waals surface area contributed by atoms with E-state index in [1.165, 1.54) is 23.5 Å². The van der Waals surface area contributed by atoms with E-state index in [0.717, 1.165) is 35.4 Å². The van der Waals surface area contributed by atoms with E-state index in [1.807, 2.05) is 5.38 Å². The Balaban J connectivity index is 1.93. The number of nitrogens with one attached hydrogen (secondary N) is 1. The predicted molar refractivity (Wildman–Crippen MR) is 80.0 cm³/mol. The van der Waals surface area contributed by atoms with Crippen LogP contribution in [0, 0.1) is 11.6 Å². The Morgan fingerprint density at radius 1 is 1.18 bits per heavy atom. The molecule has 0 atom stereocenters. The molecule has 3 aromatic rings. The summed E-state index contributed by atoms with van der Waals surface area (Å²) in [5.74, 6) is -1.20. The van der Waals surface area contributed by atoms with E-state index in [-0.39, 0.29) is 0 Å². The van der Waals surface area contributed by atoms with Gasteiger partial charge in [-0.15, -0.1) is 11.3 Å². The zero-order valence-corrected chi connectivity index (χ0v) is 12.3. The zero-order chi connectivity index (χ0) is 15.1. The molecule has 2 aromatic heterocycles. The highest BCUT2D eigenvalue weighted by molar-refractivity contribution is 7.12. The third kappa shape index (κ3) is 2.22. The molecule has 0 spiro atoms. The van der Waals surface area contributed by atoms with Gasteiger partial charge < -0.3 is 5.32 Å². The van der Waals surface area contributed by atoms with Gasteiger partial charge in [-0.2, -0.15) is 5.10 Å². The van der Waals surface area contributed by atoms with Gasteiger partial charge in [-0.1, -0.05) is 0 Å². The normalized spacial score (nSPS) is 14.1. The van der Waals surface area contributed by atoms with E-state index in [9.17, 15) is 8.78 Å².